The van der Waals surface area contributed by atoms with E-state index in [0.29, 0.717) is 30.2 Å². The highest BCUT2D eigenvalue weighted by Gasteiger charge is 2.21. The summed E-state index contributed by atoms with van der Waals surface area (Å²) in [6.07, 6.45) is 2.97. The first kappa shape index (κ1) is 22.7. The van der Waals surface area contributed by atoms with Crippen molar-refractivity contribution in [3.8, 4) is 0 Å². The maximum atomic E-state index is 12.6. The van der Waals surface area contributed by atoms with Gasteiger partial charge in [-0.3, -0.25) is 19.7 Å². The molecule has 0 saturated carbocycles. The molecule has 2 amide bonds. The van der Waals surface area contributed by atoms with Crippen LogP contribution < -0.4 is 10.6 Å². The standard InChI is InChI=1S/C20H22ClN3O4S/c1-29-11-9-18(20(26)22-10-8-14-4-2-6-16(21)12-14)23-19(25)15-5-3-7-17(13-15)24(27)28/h2-7,12-13,18H,8-11H2,1H3,(H,22,26)(H,23,25). The monoisotopic (exact) mass is 435 g/mol. The van der Waals surface area contributed by atoms with Gasteiger partial charge in [0.15, 0.2) is 0 Å². The van der Waals surface area contributed by atoms with Crippen LogP contribution in [0.25, 0.3) is 0 Å². The molecule has 1 unspecified atom stereocenters. The zero-order chi connectivity index (χ0) is 21.2. The van der Waals surface area contributed by atoms with E-state index in [0.717, 1.165) is 5.56 Å². The molecule has 2 N–H and O–H groups in total. The predicted molar refractivity (Wildman–Crippen MR) is 116 cm³/mol. The fourth-order valence-corrected chi connectivity index (χ4v) is 3.34. The van der Waals surface area contributed by atoms with Crippen molar-refractivity contribution in [2.24, 2.45) is 0 Å². The molecule has 0 spiro atoms. The van der Waals surface area contributed by atoms with Gasteiger partial charge in [-0.05, 0) is 48.6 Å². The van der Waals surface area contributed by atoms with Crippen molar-refractivity contribution >= 4 is 40.9 Å². The lowest BCUT2D eigenvalue weighted by molar-refractivity contribution is -0.384. The van der Waals surface area contributed by atoms with E-state index >= 15 is 0 Å². The summed E-state index contributed by atoms with van der Waals surface area (Å²) >= 11 is 7.52. The van der Waals surface area contributed by atoms with Crippen LogP contribution in [0.5, 0.6) is 0 Å². The number of carbonyl (C=O) groups is 2. The number of amides is 2. The fraction of sp³-hybridized carbons (Fsp3) is 0.300. The average Bonchev–Trinajstić information content (AvgIpc) is 2.71. The summed E-state index contributed by atoms with van der Waals surface area (Å²) in [5, 5.41) is 17.1. The van der Waals surface area contributed by atoms with Gasteiger partial charge in [-0.15, -0.1) is 0 Å². The number of nitro groups is 1. The SMILES string of the molecule is CSCCC(NC(=O)c1cccc([N+](=O)[O-])c1)C(=O)NCCc1cccc(Cl)c1. The molecule has 2 rings (SSSR count). The van der Waals surface area contributed by atoms with Crippen molar-refractivity contribution in [3.05, 3.63) is 74.8 Å². The van der Waals surface area contributed by atoms with Crippen molar-refractivity contribution in [2.45, 2.75) is 18.9 Å². The minimum absolute atomic E-state index is 0.139. The van der Waals surface area contributed by atoms with E-state index in [2.05, 4.69) is 10.6 Å². The third kappa shape index (κ3) is 7.40. The fourth-order valence-electron chi connectivity index (χ4n) is 2.65. The maximum absolute atomic E-state index is 12.6. The zero-order valence-electron chi connectivity index (χ0n) is 15.9. The van der Waals surface area contributed by atoms with Gasteiger partial charge >= 0.3 is 0 Å². The van der Waals surface area contributed by atoms with Gasteiger partial charge in [-0.1, -0.05) is 29.8 Å². The first-order chi connectivity index (χ1) is 13.9. The van der Waals surface area contributed by atoms with E-state index in [4.69, 9.17) is 11.6 Å². The highest BCUT2D eigenvalue weighted by Crippen LogP contribution is 2.14. The van der Waals surface area contributed by atoms with E-state index < -0.39 is 16.9 Å². The van der Waals surface area contributed by atoms with E-state index in [1.807, 2.05) is 24.5 Å². The second-order valence-corrected chi connectivity index (χ2v) is 7.71. The van der Waals surface area contributed by atoms with Crippen LogP contribution in [0.2, 0.25) is 5.02 Å². The summed E-state index contributed by atoms with van der Waals surface area (Å²) in [4.78, 5) is 35.4. The van der Waals surface area contributed by atoms with Crippen molar-refractivity contribution in [1.82, 2.24) is 10.6 Å². The third-order valence-electron chi connectivity index (χ3n) is 4.15. The van der Waals surface area contributed by atoms with E-state index in [9.17, 15) is 19.7 Å². The number of thioether (sulfide) groups is 1. The lowest BCUT2D eigenvalue weighted by atomic mass is 10.1. The number of hydrogen-bond donors (Lipinski definition) is 2. The second-order valence-electron chi connectivity index (χ2n) is 6.29. The molecule has 0 saturated heterocycles. The van der Waals surface area contributed by atoms with Gasteiger partial charge in [0.05, 0.1) is 4.92 Å². The first-order valence-corrected chi connectivity index (χ1v) is 10.7. The van der Waals surface area contributed by atoms with Gasteiger partial charge < -0.3 is 10.6 Å². The summed E-state index contributed by atoms with van der Waals surface area (Å²) < 4.78 is 0. The Balaban J connectivity index is 1.98. The lowest BCUT2D eigenvalue weighted by Crippen LogP contribution is -2.47. The molecule has 0 aliphatic heterocycles. The lowest BCUT2D eigenvalue weighted by Gasteiger charge is -2.18. The Morgan fingerprint density at radius 2 is 1.97 bits per heavy atom. The predicted octanol–water partition coefficient (Wildman–Crippen LogP) is 3.46. The molecule has 0 fully saturated rings. The summed E-state index contributed by atoms with van der Waals surface area (Å²) in [5.74, 6) is -0.133. The van der Waals surface area contributed by atoms with Gasteiger partial charge in [-0.25, -0.2) is 0 Å². The number of hydrogen-bond acceptors (Lipinski definition) is 5. The number of nitro benzene ring substituents is 1. The minimum atomic E-state index is -0.728. The molecule has 7 nitrogen and oxygen atoms in total. The smallest absolute Gasteiger partial charge is 0.270 e. The summed E-state index contributed by atoms with van der Waals surface area (Å²) in [5.41, 5.74) is 0.962. The Bertz CT molecular complexity index is 878. The largest absolute Gasteiger partial charge is 0.354 e. The number of rotatable bonds is 10. The molecular weight excluding hydrogens is 414 g/mol. The molecule has 29 heavy (non-hydrogen) atoms. The quantitative estimate of drug-likeness (QED) is 0.439. The second kappa shape index (κ2) is 11.4. The molecule has 154 valence electrons. The number of nitrogens with zero attached hydrogens (tertiary/aromatic N) is 1. The van der Waals surface area contributed by atoms with Crippen LogP contribution in [0.15, 0.2) is 48.5 Å². The Labute approximate surface area is 178 Å². The Kier molecular flexibility index (Phi) is 8.95. The van der Waals surface area contributed by atoms with E-state index in [1.165, 1.54) is 24.3 Å². The number of non-ortho nitro benzene ring substituents is 1. The van der Waals surface area contributed by atoms with Gasteiger partial charge in [0.1, 0.15) is 6.04 Å². The van der Waals surface area contributed by atoms with Crippen LogP contribution in [0.1, 0.15) is 22.3 Å². The van der Waals surface area contributed by atoms with Gasteiger partial charge in [-0.2, -0.15) is 11.8 Å². The average molecular weight is 436 g/mol. The van der Waals surface area contributed by atoms with Crippen molar-refractivity contribution < 1.29 is 14.5 Å². The summed E-state index contributed by atoms with van der Waals surface area (Å²) in [6, 6.07) is 12.1. The molecule has 0 aromatic heterocycles. The van der Waals surface area contributed by atoms with Crippen LogP contribution in [0.4, 0.5) is 5.69 Å². The Morgan fingerprint density at radius 3 is 2.66 bits per heavy atom. The first-order valence-electron chi connectivity index (χ1n) is 8.97. The molecule has 9 heteroatoms. The maximum Gasteiger partial charge on any atom is 0.270 e. The molecule has 0 aliphatic rings. The Morgan fingerprint density at radius 1 is 1.21 bits per heavy atom. The van der Waals surface area contributed by atoms with Crippen LogP contribution in [-0.4, -0.2) is 41.3 Å². The normalized spacial score (nSPS) is 11.5. The number of carbonyl (C=O) groups excluding carboxylic acids is 2. The Hall–Kier alpha value is -2.58. The van der Waals surface area contributed by atoms with Crippen LogP contribution >= 0.6 is 23.4 Å². The van der Waals surface area contributed by atoms with Crippen molar-refractivity contribution in [3.63, 3.8) is 0 Å². The van der Waals surface area contributed by atoms with E-state index in [1.54, 1.807) is 17.8 Å². The van der Waals surface area contributed by atoms with Crippen LogP contribution in [-0.2, 0) is 11.2 Å². The molecule has 0 bridgehead atoms. The zero-order valence-corrected chi connectivity index (χ0v) is 17.5. The molecule has 2 aromatic carbocycles. The van der Waals surface area contributed by atoms with Crippen LogP contribution in [0.3, 0.4) is 0 Å². The van der Waals surface area contributed by atoms with Crippen molar-refractivity contribution in [1.29, 1.82) is 0 Å². The summed E-state index contributed by atoms with van der Waals surface area (Å²) in [6.45, 7) is 0.404. The molecule has 0 aliphatic carbocycles. The number of benzene rings is 2. The van der Waals surface area contributed by atoms with Gasteiger partial charge in [0.25, 0.3) is 11.6 Å². The topological polar surface area (TPSA) is 101 Å². The van der Waals surface area contributed by atoms with Gasteiger partial charge in [0.2, 0.25) is 5.91 Å². The highest BCUT2D eigenvalue weighted by atomic mass is 35.5. The minimum Gasteiger partial charge on any atom is -0.354 e. The molecular formula is C20H22ClN3O4S. The van der Waals surface area contributed by atoms with Crippen molar-refractivity contribution in [2.75, 3.05) is 18.6 Å². The number of nitrogens with one attached hydrogen (secondary N) is 2. The highest BCUT2D eigenvalue weighted by molar-refractivity contribution is 7.98. The van der Waals surface area contributed by atoms with Gasteiger partial charge in [0, 0.05) is 29.3 Å². The molecule has 2 aromatic rings. The van der Waals surface area contributed by atoms with E-state index in [-0.39, 0.29) is 17.2 Å². The summed E-state index contributed by atoms with van der Waals surface area (Å²) in [7, 11) is 0. The van der Waals surface area contributed by atoms with Crippen LogP contribution in [0, 0.1) is 10.1 Å². The number of halogens is 1. The molecule has 1 atom stereocenters. The molecule has 0 heterocycles. The third-order valence-corrected chi connectivity index (χ3v) is 5.03. The molecule has 0 radical (unpaired) electrons.